The molecule has 1 N–H and O–H groups in total. The van der Waals surface area contributed by atoms with E-state index in [1.807, 2.05) is 0 Å². The average molecular weight is 300 g/mol. The molecule has 4 atom stereocenters. The number of hydrogen-bond acceptors (Lipinski definition) is 7. The molecule has 6 nitrogen and oxygen atoms in total. The highest BCUT2D eigenvalue weighted by Crippen LogP contribution is 2.48. The lowest BCUT2D eigenvalue weighted by atomic mass is 9.95. The van der Waals surface area contributed by atoms with Gasteiger partial charge in [-0.2, -0.15) is 8.78 Å². The van der Waals surface area contributed by atoms with Crippen molar-refractivity contribution in [1.29, 1.82) is 0 Å². The molecule has 0 amide bonds. The third-order valence-corrected chi connectivity index (χ3v) is 4.20. The Morgan fingerprint density at radius 2 is 1.89 bits per heavy atom. The van der Waals surface area contributed by atoms with Crippen molar-refractivity contribution in [3.8, 4) is 0 Å². The summed E-state index contributed by atoms with van der Waals surface area (Å²) < 4.78 is 40.0. The Morgan fingerprint density at radius 1 is 1.26 bits per heavy atom. The quantitative estimate of drug-likeness (QED) is 0.348. The minimum atomic E-state index is -3.93. The summed E-state index contributed by atoms with van der Waals surface area (Å²) in [6, 6.07) is 0. The molecule has 0 aliphatic heterocycles. The zero-order chi connectivity index (χ0) is 14.0. The zero-order valence-corrected chi connectivity index (χ0v) is 10.9. The van der Waals surface area contributed by atoms with Gasteiger partial charge in [0, 0.05) is 7.11 Å². The fourth-order valence-corrected chi connectivity index (χ4v) is 3.13. The van der Waals surface area contributed by atoms with Crippen LogP contribution in [0.1, 0.15) is 19.3 Å². The zero-order valence-electron chi connectivity index (χ0n) is 10.1. The van der Waals surface area contributed by atoms with Crippen LogP contribution in [0.2, 0.25) is 0 Å². The molecule has 0 spiro atoms. The van der Waals surface area contributed by atoms with E-state index in [1.165, 1.54) is 0 Å². The first-order chi connectivity index (χ1) is 8.97. The second-order valence-corrected chi connectivity index (χ2v) is 5.50. The van der Waals surface area contributed by atoms with Gasteiger partial charge in [0.1, 0.15) is 18.1 Å². The van der Waals surface area contributed by atoms with Gasteiger partial charge in [-0.05, 0) is 31.1 Å². The molecule has 2 bridgehead atoms. The van der Waals surface area contributed by atoms with E-state index in [1.54, 1.807) is 7.11 Å². The Hall–Kier alpha value is -0.480. The van der Waals surface area contributed by atoms with Gasteiger partial charge in [0.2, 0.25) is 0 Å². The van der Waals surface area contributed by atoms with Crippen molar-refractivity contribution in [2.24, 2.45) is 11.8 Å². The van der Waals surface area contributed by atoms with E-state index in [0.717, 1.165) is 6.42 Å². The van der Waals surface area contributed by atoms with Gasteiger partial charge in [0.05, 0.1) is 6.10 Å². The van der Waals surface area contributed by atoms with Gasteiger partial charge in [0.25, 0.3) is 0 Å². The minimum absolute atomic E-state index is 0.0645. The molecule has 2 saturated carbocycles. The topological polar surface area (TPSA) is 74.2 Å². The second kappa shape index (κ2) is 5.88. The van der Waals surface area contributed by atoms with Crippen molar-refractivity contribution in [3.63, 3.8) is 0 Å². The molecule has 2 aliphatic rings. The number of fused-ring (bicyclic) bond motifs is 2. The Balaban J connectivity index is 1.84. The fraction of sp³-hybridized carbons (Fsp3) is 0.900. The predicted octanol–water partition coefficient (Wildman–Crippen LogP) is 2.01. The number of hydrogen-bond donors (Lipinski definition) is 1. The van der Waals surface area contributed by atoms with Gasteiger partial charge in [-0.1, -0.05) is 5.04 Å². The third kappa shape index (κ3) is 3.16. The minimum Gasteiger partial charge on any atom is -0.457 e. The van der Waals surface area contributed by atoms with Crippen LogP contribution in [0.3, 0.4) is 0 Å². The molecule has 2 fully saturated rings. The molecule has 2 aliphatic carbocycles. The van der Waals surface area contributed by atoms with Crippen LogP contribution in [0.25, 0.3) is 0 Å². The number of carbonyl (C=O) groups excluding carboxylic acids is 1. The second-order valence-electron chi connectivity index (χ2n) is 4.69. The molecule has 110 valence electrons. The van der Waals surface area contributed by atoms with E-state index in [2.05, 4.69) is 9.37 Å². The van der Waals surface area contributed by atoms with Gasteiger partial charge >= 0.3 is 11.2 Å². The molecule has 0 aromatic heterocycles. The lowest BCUT2D eigenvalue weighted by molar-refractivity contribution is -0.433. The van der Waals surface area contributed by atoms with Crippen LogP contribution in [-0.2, 0) is 23.6 Å². The van der Waals surface area contributed by atoms with Crippen LogP contribution < -0.4 is 0 Å². The van der Waals surface area contributed by atoms with Crippen LogP contribution in [0.4, 0.5) is 8.78 Å². The molecule has 0 radical (unpaired) electrons. The highest BCUT2D eigenvalue weighted by molar-refractivity contribution is 7.96. The number of esters is 1. The summed E-state index contributed by atoms with van der Waals surface area (Å²) in [5.74, 6) is -1.37. The Labute approximate surface area is 112 Å². The molecular weight excluding hydrogens is 286 g/mol. The molecule has 0 aromatic rings. The maximum atomic E-state index is 13.2. The fourth-order valence-electron chi connectivity index (χ4n) is 2.90. The van der Waals surface area contributed by atoms with Crippen LogP contribution in [0.5, 0.6) is 0 Å². The largest absolute Gasteiger partial charge is 0.457 e. The lowest BCUT2D eigenvalue weighted by Gasteiger charge is -2.27. The van der Waals surface area contributed by atoms with Gasteiger partial charge in [-0.15, -0.1) is 4.33 Å². The van der Waals surface area contributed by atoms with E-state index in [4.69, 9.17) is 14.7 Å². The van der Waals surface area contributed by atoms with Crippen molar-refractivity contribution in [1.82, 2.24) is 0 Å². The normalized spacial score (nSPS) is 33.7. The van der Waals surface area contributed by atoms with Crippen molar-refractivity contribution >= 4 is 18.0 Å². The Bertz CT molecular complexity index is 342. The Morgan fingerprint density at radius 3 is 2.42 bits per heavy atom. The summed E-state index contributed by atoms with van der Waals surface area (Å²) in [5, 5.41) is 6.90. The number of alkyl halides is 2. The molecule has 0 aromatic carbocycles. The standard InChI is InChI=1S/C10H14F2O6S/c1-15-7-3-6-2-5(7)4-8(6)16-9(13)10(11,12)19-18-17-14/h5-8,14H,2-4H2,1H3. The number of ether oxygens (including phenoxy) is 2. The summed E-state index contributed by atoms with van der Waals surface area (Å²) in [7, 11) is 1.61. The van der Waals surface area contributed by atoms with E-state index in [0.29, 0.717) is 12.8 Å². The van der Waals surface area contributed by atoms with E-state index in [-0.39, 0.29) is 17.9 Å². The van der Waals surface area contributed by atoms with E-state index in [9.17, 15) is 13.6 Å². The van der Waals surface area contributed by atoms with Gasteiger partial charge in [-0.3, -0.25) is 0 Å². The van der Waals surface area contributed by atoms with Crippen LogP contribution in [0.15, 0.2) is 0 Å². The molecule has 19 heavy (non-hydrogen) atoms. The average Bonchev–Trinajstić information content (AvgIpc) is 2.95. The molecule has 9 heteroatoms. The predicted molar refractivity (Wildman–Crippen MR) is 58.8 cm³/mol. The maximum Gasteiger partial charge on any atom is 0.415 e. The highest BCUT2D eigenvalue weighted by atomic mass is 32.2. The SMILES string of the molecule is COC1CC2CC1CC2OC(=O)C(F)(F)SOOO. The number of methoxy groups -OCH3 is 1. The first-order valence-corrected chi connectivity index (χ1v) is 6.49. The summed E-state index contributed by atoms with van der Waals surface area (Å²) in [4.78, 5) is 11.3. The van der Waals surface area contributed by atoms with Crippen molar-refractivity contribution in [3.05, 3.63) is 0 Å². The first-order valence-electron chi connectivity index (χ1n) is 5.75. The third-order valence-electron chi connectivity index (χ3n) is 3.70. The van der Waals surface area contributed by atoms with E-state index >= 15 is 0 Å². The lowest BCUT2D eigenvalue weighted by Crippen LogP contribution is -2.36. The van der Waals surface area contributed by atoms with Crippen molar-refractivity contribution in [2.45, 2.75) is 36.7 Å². The Kier molecular flexibility index (Phi) is 4.62. The summed E-state index contributed by atoms with van der Waals surface area (Å²) in [6.07, 6.45) is 1.69. The summed E-state index contributed by atoms with van der Waals surface area (Å²) in [5.41, 5.74) is 0. The molecule has 4 unspecified atom stereocenters. The highest BCUT2D eigenvalue weighted by Gasteiger charge is 2.51. The van der Waals surface area contributed by atoms with Gasteiger partial charge < -0.3 is 9.47 Å². The summed E-state index contributed by atoms with van der Waals surface area (Å²) in [6.45, 7) is 0. The van der Waals surface area contributed by atoms with Crippen molar-refractivity contribution < 1.29 is 37.7 Å². The number of rotatable bonds is 6. The van der Waals surface area contributed by atoms with Crippen LogP contribution >= 0.6 is 12.0 Å². The van der Waals surface area contributed by atoms with Crippen LogP contribution in [-0.4, -0.2) is 35.8 Å². The first kappa shape index (κ1) is 14.9. The number of halogens is 2. The van der Waals surface area contributed by atoms with Crippen molar-refractivity contribution in [2.75, 3.05) is 7.11 Å². The van der Waals surface area contributed by atoms with E-state index < -0.39 is 29.4 Å². The maximum absolute atomic E-state index is 13.2. The van der Waals surface area contributed by atoms with Crippen LogP contribution in [0, 0.1) is 11.8 Å². The summed E-state index contributed by atoms with van der Waals surface area (Å²) >= 11 is -0.610. The van der Waals surface area contributed by atoms with Gasteiger partial charge in [-0.25, -0.2) is 10.1 Å². The molecule has 0 heterocycles. The molecular formula is C10H14F2O6S. The molecule has 0 saturated heterocycles. The molecule has 2 rings (SSSR count). The van der Waals surface area contributed by atoms with Gasteiger partial charge in [0.15, 0.2) is 0 Å². The smallest absolute Gasteiger partial charge is 0.415 e. The monoisotopic (exact) mass is 300 g/mol. The number of carbonyl (C=O) groups is 1.